The van der Waals surface area contributed by atoms with Crippen LogP contribution in [0.25, 0.3) is 0 Å². The van der Waals surface area contributed by atoms with Crippen molar-refractivity contribution in [2.45, 2.75) is 58.4 Å². The maximum Gasteiger partial charge on any atom is 0.253 e. The summed E-state index contributed by atoms with van der Waals surface area (Å²) in [6.07, 6.45) is 10.3. The molecule has 1 saturated carbocycles. The topological polar surface area (TPSA) is 54.0 Å². The Hall–Kier alpha value is -1.58. The van der Waals surface area contributed by atoms with Gasteiger partial charge in [-0.15, -0.1) is 0 Å². The van der Waals surface area contributed by atoms with E-state index in [0.29, 0.717) is 11.6 Å². The fraction of sp³-hybridized carbons (Fsp3) is 0.647. The highest BCUT2D eigenvalue weighted by Crippen LogP contribution is 2.23. The van der Waals surface area contributed by atoms with Gasteiger partial charge in [-0.1, -0.05) is 26.7 Å². The van der Waals surface area contributed by atoms with Gasteiger partial charge in [0.15, 0.2) is 0 Å². The molecule has 0 bridgehead atoms. The molecule has 1 aromatic rings. The van der Waals surface area contributed by atoms with Gasteiger partial charge in [0.1, 0.15) is 0 Å². The SMILES string of the molecule is CCCNc1cnccc1C(=O)NC1CCCC(C)CC1. The molecule has 1 aliphatic carbocycles. The van der Waals surface area contributed by atoms with Crippen LogP contribution < -0.4 is 10.6 Å². The van der Waals surface area contributed by atoms with Gasteiger partial charge in [-0.3, -0.25) is 9.78 Å². The van der Waals surface area contributed by atoms with Crippen LogP contribution in [0.3, 0.4) is 0 Å². The maximum atomic E-state index is 12.5. The number of nitrogens with zero attached hydrogens (tertiary/aromatic N) is 1. The summed E-state index contributed by atoms with van der Waals surface area (Å²) in [7, 11) is 0. The number of pyridine rings is 1. The summed E-state index contributed by atoms with van der Waals surface area (Å²) in [5, 5.41) is 6.48. The smallest absolute Gasteiger partial charge is 0.253 e. The molecular formula is C17H27N3O. The quantitative estimate of drug-likeness (QED) is 0.814. The van der Waals surface area contributed by atoms with Crippen molar-refractivity contribution in [1.29, 1.82) is 0 Å². The molecule has 0 saturated heterocycles. The Morgan fingerprint density at radius 2 is 2.19 bits per heavy atom. The van der Waals surface area contributed by atoms with Crippen LogP contribution in [0.4, 0.5) is 5.69 Å². The second-order valence-electron chi connectivity index (χ2n) is 6.13. The first-order chi connectivity index (χ1) is 10.2. The fourth-order valence-corrected chi connectivity index (χ4v) is 2.89. The van der Waals surface area contributed by atoms with Gasteiger partial charge in [0.05, 0.1) is 17.4 Å². The van der Waals surface area contributed by atoms with Crippen LogP contribution in [-0.4, -0.2) is 23.5 Å². The van der Waals surface area contributed by atoms with Crippen molar-refractivity contribution in [3.8, 4) is 0 Å². The lowest BCUT2D eigenvalue weighted by atomic mass is 10.0. The third-order valence-corrected chi connectivity index (χ3v) is 4.22. The molecule has 2 N–H and O–H groups in total. The summed E-state index contributed by atoms with van der Waals surface area (Å²) in [6.45, 7) is 5.27. The number of rotatable bonds is 5. The van der Waals surface area contributed by atoms with Crippen LogP contribution in [0.5, 0.6) is 0 Å². The van der Waals surface area contributed by atoms with E-state index in [1.807, 2.05) is 0 Å². The third kappa shape index (κ3) is 4.73. The Balaban J connectivity index is 1.99. The molecule has 21 heavy (non-hydrogen) atoms. The van der Waals surface area contributed by atoms with E-state index in [1.165, 1.54) is 19.3 Å². The summed E-state index contributed by atoms with van der Waals surface area (Å²) < 4.78 is 0. The van der Waals surface area contributed by atoms with Gasteiger partial charge in [0, 0.05) is 18.8 Å². The van der Waals surface area contributed by atoms with Crippen LogP contribution in [0.1, 0.15) is 62.7 Å². The van der Waals surface area contributed by atoms with Crippen molar-refractivity contribution < 1.29 is 4.79 Å². The summed E-state index contributed by atoms with van der Waals surface area (Å²) in [5.74, 6) is 0.810. The highest BCUT2D eigenvalue weighted by atomic mass is 16.1. The van der Waals surface area contributed by atoms with Crippen molar-refractivity contribution >= 4 is 11.6 Å². The molecule has 0 aromatic carbocycles. The standard InChI is InChI=1S/C17H27N3O/c1-3-10-19-16-12-18-11-9-15(16)17(21)20-14-6-4-5-13(2)7-8-14/h9,11-14,19H,3-8,10H2,1-2H3,(H,20,21). The van der Waals surface area contributed by atoms with E-state index in [0.717, 1.165) is 37.4 Å². The van der Waals surface area contributed by atoms with E-state index >= 15 is 0 Å². The maximum absolute atomic E-state index is 12.5. The molecule has 1 amide bonds. The Labute approximate surface area is 127 Å². The molecule has 1 fully saturated rings. The third-order valence-electron chi connectivity index (χ3n) is 4.22. The lowest BCUT2D eigenvalue weighted by molar-refractivity contribution is 0.0934. The number of nitrogens with one attached hydrogen (secondary N) is 2. The van der Waals surface area contributed by atoms with E-state index in [-0.39, 0.29) is 5.91 Å². The predicted molar refractivity (Wildman–Crippen MR) is 86.5 cm³/mol. The number of carbonyl (C=O) groups excluding carboxylic acids is 1. The summed E-state index contributed by atoms with van der Waals surface area (Å²) >= 11 is 0. The van der Waals surface area contributed by atoms with Gasteiger partial charge >= 0.3 is 0 Å². The largest absolute Gasteiger partial charge is 0.383 e. The number of carbonyl (C=O) groups is 1. The molecular weight excluding hydrogens is 262 g/mol. The Morgan fingerprint density at radius 1 is 1.33 bits per heavy atom. The number of aromatic nitrogens is 1. The van der Waals surface area contributed by atoms with Crippen LogP contribution in [-0.2, 0) is 0 Å². The van der Waals surface area contributed by atoms with Crippen LogP contribution in [0, 0.1) is 5.92 Å². The van der Waals surface area contributed by atoms with Crippen molar-refractivity contribution in [2.75, 3.05) is 11.9 Å². The molecule has 1 aliphatic rings. The first-order valence-corrected chi connectivity index (χ1v) is 8.19. The second-order valence-corrected chi connectivity index (χ2v) is 6.13. The molecule has 2 unspecified atom stereocenters. The average molecular weight is 289 g/mol. The van der Waals surface area contributed by atoms with Crippen LogP contribution >= 0.6 is 0 Å². The van der Waals surface area contributed by atoms with Crippen LogP contribution in [0.2, 0.25) is 0 Å². The Morgan fingerprint density at radius 3 is 3.00 bits per heavy atom. The molecule has 2 atom stereocenters. The van der Waals surface area contributed by atoms with Gasteiger partial charge in [0.25, 0.3) is 5.91 Å². The number of anilines is 1. The normalized spacial score (nSPS) is 22.4. The first-order valence-electron chi connectivity index (χ1n) is 8.19. The predicted octanol–water partition coefficient (Wildman–Crippen LogP) is 3.60. The summed E-state index contributed by atoms with van der Waals surface area (Å²) in [4.78, 5) is 16.6. The van der Waals surface area contributed by atoms with Crippen molar-refractivity contribution in [2.24, 2.45) is 5.92 Å². The molecule has 4 nitrogen and oxygen atoms in total. The molecule has 0 aliphatic heterocycles. The van der Waals surface area contributed by atoms with Gasteiger partial charge < -0.3 is 10.6 Å². The van der Waals surface area contributed by atoms with Crippen molar-refractivity contribution in [3.63, 3.8) is 0 Å². The summed E-state index contributed by atoms with van der Waals surface area (Å²) in [5.41, 5.74) is 1.54. The van der Waals surface area contributed by atoms with Crippen molar-refractivity contribution in [1.82, 2.24) is 10.3 Å². The van der Waals surface area contributed by atoms with E-state index in [2.05, 4.69) is 29.5 Å². The zero-order chi connectivity index (χ0) is 15.1. The van der Waals surface area contributed by atoms with Crippen LogP contribution in [0.15, 0.2) is 18.5 Å². The highest BCUT2D eigenvalue weighted by Gasteiger charge is 2.19. The number of hydrogen-bond donors (Lipinski definition) is 2. The zero-order valence-electron chi connectivity index (χ0n) is 13.2. The van der Waals surface area contributed by atoms with Gasteiger partial charge in [-0.25, -0.2) is 0 Å². The second kappa shape index (κ2) is 8.01. The van der Waals surface area contributed by atoms with Gasteiger partial charge in [-0.05, 0) is 37.7 Å². The van der Waals surface area contributed by atoms with E-state index in [9.17, 15) is 4.79 Å². The van der Waals surface area contributed by atoms with E-state index in [4.69, 9.17) is 0 Å². The molecule has 116 valence electrons. The number of amides is 1. The Kier molecular flexibility index (Phi) is 6.03. The molecule has 4 heteroatoms. The molecule has 1 aromatic heterocycles. The minimum absolute atomic E-state index is 0.0237. The first kappa shape index (κ1) is 15.8. The minimum Gasteiger partial charge on any atom is -0.383 e. The monoisotopic (exact) mass is 289 g/mol. The molecule has 0 spiro atoms. The fourth-order valence-electron chi connectivity index (χ4n) is 2.89. The lowest BCUT2D eigenvalue weighted by Crippen LogP contribution is -2.34. The molecule has 1 heterocycles. The van der Waals surface area contributed by atoms with Crippen molar-refractivity contribution in [3.05, 3.63) is 24.0 Å². The minimum atomic E-state index is 0.0237. The molecule has 2 rings (SSSR count). The number of hydrogen-bond acceptors (Lipinski definition) is 3. The average Bonchev–Trinajstić information content (AvgIpc) is 2.70. The van der Waals surface area contributed by atoms with E-state index in [1.54, 1.807) is 18.5 Å². The molecule has 0 radical (unpaired) electrons. The van der Waals surface area contributed by atoms with Gasteiger partial charge in [0.2, 0.25) is 0 Å². The highest BCUT2D eigenvalue weighted by molar-refractivity contribution is 5.99. The van der Waals surface area contributed by atoms with Gasteiger partial charge in [-0.2, -0.15) is 0 Å². The lowest BCUT2D eigenvalue weighted by Gasteiger charge is -2.18. The summed E-state index contributed by atoms with van der Waals surface area (Å²) in [6, 6.07) is 2.11. The zero-order valence-corrected chi connectivity index (χ0v) is 13.2. The van der Waals surface area contributed by atoms with E-state index < -0.39 is 0 Å². The Bertz CT molecular complexity index is 461.